The molecule has 1 aromatic heterocycles. The van der Waals surface area contributed by atoms with E-state index in [0.717, 1.165) is 16.3 Å². The molecule has 170 valence electrons. The topological polar surface area (TPSA) is 113 Å². The average Bonchev–Trinajstić information content (AvgIpc) is 3.27. The lowest BCUT2D eigenvalue weighted by atomic mass is 10.1. The van der Waals surface area contributed by atoms with Gasteiger partial charge >= 0.3 is 0 Å². The van der Waals surface area contributed by atoms with Crippen LogP contribution in [-0.2, 0) is 4.74 Å². The zero-order valence-electron chi connectivity index (χ0n) is 16.8. The van der Waals surface area contributed by atoms with E-state index >= 15 is 0 Å². The van der Waals surface area contributed by atoms with Crippen LogP contribution < -0.4 is 4.74 Å². The standard InChI is InChI=1S/C20H18BrF2N3O2.HNO3/c1-14(26-13-24-12-25-26)20(18-8-5-16(22)11-19(18)23)28-10-2-9-27-17-6-3-15(21)4-7-17;2-1(3)4/h3-8,11-13H,2,9-10H2,1H3;(H,2,3,4)/b20-14-;. The van der Waals surface area contributed by atoms with Crippen LogP contribution in [-0.4, -0.2) is 38.3 Å². The monoisotopic (exact) mass is 512 g/mol. The zero-order valence-corrected chi connectivity index (χ0v) is 18.4. The molecule has 0 aliphatic carbocycles. The summed E-state index contributed by atoms with van der Waals surface area (Å²) in [5.41, 5.74) is 0.695. The van der Waals surface area contributed by atoms with E-state index in [1.807, 2.05) is 24.3 Å². The first-order valence-corrected chi connectivity index (χ1v) is 9.93. The van der Waals surface area contributed by atoms with Gasteiger partial charge in [0.05, 0.1) is 24.5 Å². The lowest BCUT2D eigenvalue weighted by Gasteiger charge is -2.15. The molecular weight excluding hydrogens is 494 g/mol. The Bertz CT molecular complexity index is 1040. The molecule has 3 rings (SSSR count). The SMILES string of the molecule is C/C(=C(/OCCCOc1ccc(Br)cc1)c1ccc(F)cc1F)n1cncn1.O=[N+]([O-])O. The molecule has 0 amide bonds. The predicted molar refractivity (Wildman–Crippen MR) is 114 cm³/mol. The Morgan fingerprint density at radius 1 is 1.22 bits per heavy atom. The maximum atomic E-state index is 14.3. The summed E-state index contributed by atoms with van der Waals surface area (Å²) < 4.78 is 41.5. The Morgan fingerprint density at radius 2 is 1.91 bits per heavy atom. The fraction of sp³-hybridized carbons (Fsp3) is 0.200. The number of halogens is 3. The molecule has 0 bridgehead atoms. The van der Waals surface area contributed by atoms with Gasteiger partial charge in [0.2, 0.25) is 0 Å². The summed E-state index contributed by atoms with van der Waals surface area (Å²) in [5.74, 6) is -0.337. The van der Waals surface area contributed by atoms with Crippen LogP contribution in [0.2, 0.25) is 0 Å². The van der Waals surface area contributed by atoms with E-state index in [1.54, 1.807) is 6.92 Å². The third-order valence-corrected chi connectivity index (χ3v) is 4.41. The highest BCUT2D eigenvalue weighted by Crippen LogP contribution is 2.26. The predicted octanol–water partition coefficient (Wildman–Crippen LogP) is 4.80. The maximum absolute atomic E-state index is 14.3. The fourth-order valence-corrected chi connectivity index (χ4v) is 2.75. The third-order valence-electron chi connectivity index (χ3n) is 3.88. The summed E-state index contributed by atoms with van der Waals surface area (Å²) in [6, 6.07) is 10.9. The van der Waals surface area contributed by atoms with Crippen LogP contribution >= 0.6 is 15.9 Å². The van der Waals surface area contributed by atoms with Crippen LogP contribution in [0.1, 0.15) is 18.9 Å². The highest BCUT2D eigenvalue weighted by molar-refractivity contribution is 9.10. The number of rotatable bonds is 8. The number of hydrogen-bond acceptors (Lipinski definition) is 6. The Kier molecular flexibility index (Phi) is 9.54. The molecule has 0 aliphatic heterocycles. The van der Waals surface area contributed by atoms with Gasteiger partial charge in [-0.3, -0.25) is 0 Å². The van der Waals surface area contributed by atoms with Crippen molar-refractivity contribution in [1.29, 1.82) is 0 Å². The van der Waals surface area contributed by atoms with Crippen molar-refractivity contribution in [2.75, 3.05) is 13.2 Å². The Hall–Kier alpha value is -3.54. The van der Waals surface area contributed by atoms with Gasteiger partial charge in [0.1, 0.15) is 30.0 Å². The second-order valence-corrected chi connectivity index (χ2v) is 7.04. The Morgan fingerprint density at radius 3 is 2.50 bits per heavy atom. The minimum absolute atomic E-state index is 0.156. The number of benzene rings is 2. The summed E-state index contributed by atoms with van der Waals surface area (Å²) in [7, 11) is 0. The summed E-state index contributed by atoms with van der Waals surface area (Å²) in [4.78, 5) is 12.3. The van der Waals surface area contributed by atoms with Crippen molar-refractivity contribution < 1.29 is 28.5 Å². The van der Waals surface area contributed by atoms with Gasteiger partial charge < -0.3 is 14.7 Å². The van der Waals surface area contributed by atoms with E-state index < -0.39 is 16.7 Å². The van der Waals surface area contributed by atoms with Gasteiger partial charge in [-0.25, -0.2) is 18.4 Å². The van der Waals surface area contributed by atoms with Crippen molar-refractivity contribution in [1.82, 2.24) is 14.8 Å². The highest BCUT2D eigenvalue weighted by atomic mass is 79.9. The quantitative estimate of drug-likeness (QED) is 0.199. The number of nitrogens with zero attached hydrogens (tertiary/aromatic N) is 4. The number of ether oxygens (including phenoxy) is 2. The minimum Gasteiger partial charge on any atom is -0.493 e. The van der Waals surface area contributed by atoms with Gasteiger partial charge in [-0.05, 0) is 43.3 Å². The van der Waals surface area contributed by atoms with Gasteiger partial charge in [-0.1, -0.05) is 15.9 Å². The van der Waals surface area contributed by atoms with Gasteiger partial charge in [0.25, 0.3) is 5.09 Å². The largest absolute Gasteiger partial charge is 0.493 e. The summed E-state index contributed by atoms with van der Waals surface area (Å²) in [5, 5.41) is 17.7. The molecule has 0 saturated heterocycles. The van der Waals surface area contributed by atoms with Crippen molar-refractivity contribution in [2.45, 2.75) is 13.3 Å². The second kappa shape index (κ2) is 12.3. The first kappa shape index (κ1) is 24.7. The van der Waals surface area contributed by atoms with Crippen molar-refractivity contribution in [3.63, 3.8) is 0 Å². The summed E-state index contributed by atoms with van der Waals surface area (Å²) >= 11 is 3.37. The third kappa shape index (κ3) is 7.95. The van der Waals surface area contributed by atoms with Crippen molar-refractivity contribution >= 4 is 27.4 Å². The van der Waals surface area contributed by atoms with E-state index in [-0.39, 0.29) is 17.9 Å². The molecule has 1 heterocycles. The number of hydrogen-bond donors (Lipinski definition) is 1. The molecule has 0 spiro atoms. The van der Waals surface area contributed by atoms with Crippen molar-refractivity contribution in [3.05, 3.63) is 86.9 Å². The normalized spacial score (nSPS) is 11.1. The Balaban J connectivity index is 0.000000837. The van der Waals surface area contributed by atoms with Crippen LogP contribution in [0.15, 0.2) is 59.6 Å². The molecule has 9 nitrogen and oxygen atoms in total. The summed E-state index contributed by atoms with van der Waals surface area (Å²) in [6.07, 6.45) is 3.43. The average molecular weight is 513 g/mol. The summed E-state index contributed by atoms with van der Waals surface area (Å²) in [6.45, 7) is 2.45. The van der Waals surface area contributed by atoms with Crippen LogP contribution in [0.25, 0.3) is 11.5 Å². The van der Waals surface area contributed by atoms with Gasteiger partial charge in [0, 0.05) is 17.0 Å². The van der Waals surface area contributed by atoms with Crippen LogP contribution in [0, 0.1) is 21.7 Å². The van der Waals surface area contributed by atoms with Crippen molar-refractivity contribution in [2.24, 2.45) is 0 Å². The molecule has 12 heteroatoms. The highest BCUT2D eigenvalue weighted by Gasteiger charge is 2.15. The lowest BCUT2D eigenvalue weighted by Crippen LogP contribution is -2.07. The Labute approximate surface area is 190 Å². The first-order chi connectivity index (χ1) is 15.3. The number of aromatic nitrogens is 3. The first-order valence-electron chi connectivity index (χ1n) is 9.13. The smallest absolute Gasteiger partial charge is 0.291 e. The maximum Gasteiger partial charge on any atom is 0.291 e. The second-order valence-electron chi connectivity index (χ2n) is 6.12. The van der Waals surface area contributed by atoms with Gasteiger partial charge in [-0.2, -0.15) is 5.10 Å². The van der Waals surface area contributed by atoms with E-state index in [4.69, 9.17) is 24.8 Å². The van der Waals surface area contributed by atoms with Gasteiger partial charge in [0.15, 0.2) is 5.76 Å². The molecule has 0 atom stereocenters. The molecule has 0 fully saturated rings. The lowest BCUT2D eigenvalue weighted by molar-refractivity contribution is -0.742. The molecule has 2 aromatic carbocycles. The molecular formula is C20H19BrF2N4O5. The molecule has 0 saturated carbocycles. The van der Waals surface area contributed by atoms with E-state index in [2.05, 4.69) is 26.0 Å². The van der Waals surface area contributed by atoms with Crippen LogP contribution in [0.4, 0.5) is 8.78 Å². The van der Waals surface area contributed by atoms with Crippen LogP contribution in [0.3, 0.4) is 0 Å². The van der Waals surface area contributed by atoms with E-state index in [9.17, 15) is 8.78 Å². The fourth-order valence-electron chi connectivity index (χ4n) is 2.49. The molecule has 0 aliphatic rings. The molecule has 32 heavy (non-hydrogen) atoms. The molecule has 1 N–H and O–H groups in total. The number of allylic oxidation sites excluding steroid dienone is 1. The van der Waals surface area contributed by atoms with Gasteiger partial charge in [-0.15, -0.1) is 10.1 Å². The zero-order chi connectivity index (χ0) is 23.5. The van der Waals surface area contributed by atoms with Crippen molar-refractivity contribution in [3.8, 4) is 5.75 Å². The van der Waals surface area contributed by atoms with E-state index in [1.165, 1.54) is 29.5 Å². The minimum atomic E-state index is -1.50. The van der Waals surface area contributed by atoms with E-state index in [0.29, 0.717) is 18.7 Å². The molecule has 3 aromatic rings. The van der Waals surface area contributed by atoms with Crippen LogP contribution in [0.5, 0.6) is 5.75 Å². The molecule has 0 radical (unpaired) electrons. The molecule has 0 unspecified atom stereocenters.